The molecule has 0 unspecified atom stereocenters. The van der Waals surface area contributed by atoms with Gasteiger partial charge in [0.1, 0.15) is 5.75 Å². The number of fused-ring (bicyclic) bond motifs is 1. The maximum absolute atomic E-state index is 12.9. The van der Waals surface area contributed by atoms with E-state index in [2.05, 4.69) is 4.98 Å². The topological polar surface area (TPSA) is 157 Å². The van der Waals surface area contributed by atoms with Gasteiger partial charge in [-0.25, -0.2) is 9.86 Å². The van der Waals surface area contributed by atoms with Gasteiger partial charge in [0.15, 0.2) is 11.8 Å². The molecule has 1 aromatic heterocycles. The molecule has 6 N–H and O–H groups in total. The summed E-state index contributed by atoms with van der Waals surface area (Å²) in [5.74, 6) is -3.04. The average Bonchev–Trinajstić information content (AvgIpc) is 3.14. The van der Waals surface area contributed by atoms with Crippen LogP contribution in [0.4, 0.5) is 0 Å². The number of benzene rings is 2. The maximum Gasteiger partial charge on any atom is 0.329 e. The van der Waals surface area contributed by atoms with Crippen molar-refractivity contribution >= 4 is 28.6 Å². The number of Topliss-reactive ketones (excluding diaryl/α,β-unsaturated/α-hetero) is 1. The highest BCUT2D eigenvalue weighted by Crippen LogP contribution is 2.24. The minimum absolute atomic E-state index is 0.0544. The van der Waals surface area contributed by atoms with Gasteiger partial charge in [-0.3, -0.25) is 14.8 Å². The van der Waals surface area contributed by atoms with Crippen LogP contribution in [0.25, 0.3) is 10.9 Å². The lowest BCUT2D eigenvalue weighted by atomic mass is 9.95. The van der Waals surface area contributed by atoms with Gasteiger partial charge in [0.25, 0.3) is 0 Å². The number of aromatic nitrogens is 1. The summed E-state index contributed by atoms with van der Waals surface area (Å²) >= 11 is 0. The highest BCUT2D eigenvalue weighted by molar-refractivity contribution is 6.02. The van der Waals surface area contributed by atoms with Gasteiger partial charge < -0.3 is 20.9 Å². The summed E-state index contributed by atoms with van der Waals surface area (Å²) in [7, 11) is 0. The van der Waals surface area contributed by atoms with Crippen molar-refractivity contribution in [3.63, 3.8) is 0 Å². The number of rotatable bonds is 8. The number of hydrogen-bond acceptors (Lipinski definition) is 6. The predicted octanol–water partition coefficient (Wildman–Crippen LogP) is 1.86. The molecule has 0 saturated heterocycles. The van der Waals surface area contributed by atoms with Crippen molar-refractivity contribution in [3.05, 3.63) is 65.4 Å². The molecule has 9 heteroatoms. The Kier molecular flexibility index (Phi) is 6.38. The zero-order chi connectivity index (χ0) is 22.7. The van der Waals surface area contributed by atoms with Crippen LogP contribution in [0, 0.1) is 0 Å². The number of aromatic amines is 1. The molecule has 31 heavy (non-hydrogen) atoms. The van der Waals surface area contributed by atoms with Crippen molar-refractivity contribution < 1.29 is 29.8 Å². The third-order valence-electron chi connectivity index (χ3n) is 5.11. The number of carboxylic acid groups (broad SMARTS) is 1. The van der Waals surface area contributed by atoms with E-state index in [0.717, 1.165) is 23.4 Å². The van der Waals surface area contributed by atoms with E-state index in [4.69, 9.17) is 5.73 Å². The van der Waals surface area contributed by atoms with Gasteiger partial charge in [-0.15, -0.1) is 0 Å². The molecule has 0 fully saturated rings. The van der Waals surface area contributed by atoms with E-state index < -0.39 is 29.7 Å². The van der Waals surface area contributed by atoms with Gasteiger partial charge >= 0.3 is 5.97 Å². The monoisotopic (exact) mass is 425 g/mol. The number of hydroxylamine groups is 2. The Morgan fingerprint density at radius 1 is 1.13 bits per heavy atom. The SMILES string of the molecule is CC(=O)N(O)[C@@H](Cc1ccc(O)c(C(=O)[C@@H](N)Cc2c[nH]c3ccccc23)c1)C(=O)O. The first-order valence-corrected chi connectivity index (χ1v) is 9.57. The molecule has 0 saturated carbocycles. The predicted molar refractivity (Wildman–Crippen MR) is 112 cm³/mol. The molecule has 3 rings (SSSR count). The Morgan fingerprint density at radius 2 is 1.84 bits per heavy atom. The van der Waals surface area contributed by atoms with Gasteiger partial charge in [-0.1, -0.05) is 24.3 Å². The first-order chi connectivity index (χ1) is 14.7. The van der Waals surface area contributed by atoms with Crippen molar-refractivity contribution in [2.45, 2.75) is 31.8 Å². The van der Waals surface area contributed by atoms with Crippen LogP contribution in [0.3, 0.4) is 0 Å². The fourth-order valence-corrected chi connectivity index (χ4v) is 3.46. The number of carbonyl (C=O) groups excluding carboxylic acids is 2. The van der Waals surface area contributed by atoms with Crippen LogP contribution in [-0.2, 0) is 22.4 Å². The summed E-state index contributed by atoms with van der Waals surface area (Å²) in [5, 5.41) is 30.3. The highest BCUT2D eigenvalue weighted by Gasteiger charge is 2.28. The number of hydrogen-bond donors (Lipinski definition) is 5. The second kappa shape index (κ2) is 8.99. The van der Waals surface area contributed by atoms with Crippen molar-refractivity contribution in [2.24, 2.45) is 5.73 Å². The number of aliphatic carboxylic acids is 1. The third-order valence-corrected chi connectivity index (χ3v) is 5.11. The molecule has 0 aliphatic rings. The fraction of sp³-hybridized carbons (Fsp3) is 0.227. The summed E-state index contributed by atoms with van der Waals surface area (Å²) in [6, 6.07) is 9.12. The number of H-pyrrole nitrogens is 1. The van der Waals surface area contributed by atoms with Gasteiger partial charge in [-0.05, 0) is 35.7 Å². The Hall–Kier alpha value is -3.69. The zero-order valence-electron chi connectivity index (χ0n) is 16.8. The van der Waals surface area contributed by atoms with Crippen LogP contribution in [0.15, 0.2) is 48.7 Å². The maximum atomic E-state index is 12.9. The van der Waals surface area contributed by atoms with E-state index in [0.29, 0.717) is 5.56 Å². The molecule has 1 amide bonds. The molecule has 0 spiro atoms. The Labute approximate surface area is 177 Å². The molecule has 9 nitrogen and oxygen atoms in total. The first kappa shape index (κ1) is 22.0. The summed E-state index contributed by atoms with van der Waals surface area (Å²) in [5.41, 5.74) is 8.19. The summed E-state index contributed by atoms with van der Waals surface area (Å²) in [6.45, 7) is 1.03. The minimum Gasteiger partial charge on any atom is -0.507 e. The lowest BCUT2D eigenvalue weighted by Gasteiger charge is -2.21. The molecule has 2 aromatic carbocycles. The molecule has 3 aromatic rings. The number of nitrogens with zero attached hydrogens (tertiary/aromatic N) is 1. The Balaban J connectivity index is 1.82. The van der Waals surface area contributed by atoms with Crippen molar-refractivity contribution in [3.8, 4) is 5.75 Å². The standard InChI is InChI=1S/C22H23N3O6/c1-12(26)25(31)19(22(29)30)9-13-6-7-20(27)16(8-13)21(28)17(23)10-14-11-24-18-5-3-2-4-15(14)18/h2-8,11,17,19,24,27,31H,9-10,23H2,1H3,(H,29,30)/t17-,19-/m0/s1. The number of nitrogens with one attached hydrogen (secondary N) is 1. The quantitative estimate of drug-likeness (QED) is 0.209. The van der Waals surface area contributed by atoms with Crippen molar-refractivity contribution in [1.29, 1.82) is 0 Å². The number of para-hydroxylation sites is 1. The lowest BCUT2D eigenvalue weighted by molar-refractivity contribution is -0.183. The summed E-state index contributed by atoms with van der Waals surface area (Å²) < 4.78 is 0. The Morgan fingerprint density at radius 3 is 2.52 bits per heavy atom. The number of carboxylic acids is 1. The summed E-state index contributed by atoms with van der Waals surface area (Å²) in [4.78, 5) is 38.8. The number of amides is 1. The number of phenolic OH excluding ortho intramolecular Hbond substituents is 1. The van der Waals surface area contributed by atoms with Crippen LogP contribution >= 0.6 is 0 Å². The van der Waals surface area contributed by atoms with E-state index in [9.17, 15) is 29.8 Å². The molecule has 0 radical (unpaired) electrons. The normalized spacial score (nSPS) is 13.0. The van der Waals surface area contributed by atoms with Crippen LogP contribution in [0.1, 0.15) is 28.4 Å². The van der Waals surface area contributed by atoms with E-state index in [1.165, 1.54) is 18.2 Å². The number of carbonyl (C=O) groups is 3. The van der Waals surface area contributed by atoms with Crippen LogP contribution in [0.5, 0.6) is 5.75 Å². The van der Waals surface area contributed by atoms with Gasteiger partial charge in [0.2, 0.25) is 5.91 Å². The highest BCUT2D eigenvalue weighted by atomic mass is 16.5. The van der Waals surface area contributed by atoms with Gasteiger partial charge in [0.05, 0.1) is 11.6 Å². The van der Waals surface area contributed by atoms with Gasteiger partial charge in [0, 0.05) is 30.4 Å². The van der Waals surface area contributed by atoms with Gasteiger partial charge in [-0.2, -0.15) is 0 Å². The smallest absolute Gasteiger partial charge is 0.329 e. The second-order valence-electron chi connectivity index (χ2n) is 7.31. The van der Waals surface area contributed by atoms with Crippen LogP contribution in [0.2, 0.25) is 0 Å². The molecule has 162 valence electrons. The van der Waals surface area contributed by atoms with E-state index in [1.807, 2.05) is 24.3 Å². The number of nitrogens with two attached hydrogens (primary N) is 1. The second-order valence-corrected chi connectivity index (χ2v) is 7.31. The molecular weight excluding hydrogens is 402 g/mol. The average molecular weight is 425 g/mol. The zero-order valence-corrected chi connectivity index (χ0v) is 16.8. The third kappa shape index (κ3) is 4.73. The molecule has 2 atom stereocenters. The fourth-order valence-electron chi connectivity index (χ4n) is 3.46. The molecule has 1 heterocycles. The minimum atomic E-state index is -1.54. The van der Waals surface area contributed by atoms with Crippen molar-refractivity contribution in [2.75, 3.05) is 0 Å². The van der Waals surface area contributed by atoms with Crippen molar-refractivity contribution in [1.82, 2.24) is 10.0 Å². The van der Waals surface area contributed by atoms with E-state index >= 15 is 0 Å². The number of aromatic hydroxyl groups is 1. The number of ketones is 1. The summed E-state index contributed by atoms with van der Waals surface area (Å²) in [6.07, 6.45) is 1.76. The number of phenols is 1. The van der Waals surface area contributed by atoms with Crippen LogP contribution < -0.4 is 5.73 Å². The first-order valence-electron chi connectivity index (χ1n) is 9.57. The van der Waals surface area contributed by atoms with Crippen LogP contribution in [-0.4, -0.2) is 55.2 Å². The molecule has 0 aliphatic carbocycles. The van der Waals surface area contributed by atoms with E-state index in [1.54, 1.807) is 6.20 Å². The Bertz CT molecular complexity index is 1140. The van der Waals surface area contributed by atoms with E-state index in [-0.39, 0.29) is 29.2 Å². The molecule has 0 aliphatic heterocycles. The lowest BCUT2D eigenvalue weighted by Crippen LogP contribution is -2.43. The molecular formula is C22H23N3O6. The largest absolute Gasteiger partial charge is 0.507 e. The molecule has 0 bridgehead atoms.